The van der Waals surface area contributed by atoms with Gasteiger partial charge in [0.25, 0.3) is 11.5 Å². The average Bonchev–Trinajstić information content (AvgIpc) is 3.53. The summed E-state index contributed by atoms with van der Waals surface area (Å²) in [5.74, 6) is -0.605. The molecule has 2 aliphatic rings. The van der Waals surface area contributed by atoms with Crippen molar-refractivity contribution in [1.29, 1.82) is 0 Å². The van der Waals surface area contributed by atoms with Gasteiger partial charge in [0.1, 0.15) is 5.69 Å². The molecule has 0 unspecified atom stereocenters. The highest BCUT2D eigenvalue weighted by molar-refractivity contribution is 5.98. The van der Waals surface area contributed by atoms with Crippen molar-refractivity contribution < 1.29 is 4.79 Å². The zero-order valence-corrected chi connectivity index (χ0v) is 19.5. The van der Waals surface area contributed by atoms with E-state index in [9.17, 15) is 9.59 Å². The normalized spacial score (nSPS) is 11.4. The Morgan fingerprint density at radius 2 is 1.78 bits per heavy atom. The third kappa shape index (κ3) is 3.47. The lowest BCUT2D eigenvalue weighted by Gasteiger charge is -2.14. The van der Waals surface area contributed by atoms with Gasteiger partial charge in [-0.3, -0.25) is 9.59 Å². The van der Waals surface area contributed by atoms with E-state index in [-0.39, 0.29) is 11.1 Å². The molecular formula is C28H22N6O2. The third-order valence-electron chi connectivity index (χ3n) is 6.40. The fraction of sp³-hybridized carbons (Fsp3) is 0.0714. The van der Waals surface area contributed by atoms with Crippen molar-refractivity contribution in [2.24, 2.45) is 5.73 Å². The van der Waals surface area contributed by atoms with Crippen LogP contribution >= 0.6 is 0 Å². The number of nitrogens with two attached hydrogens (primary N) is 1. The maximum Gasteiger partial charge on any atom is 0.282 e. The topological polar surface area (TPSA) is 101 Å². The summed E-state index contributed by atoms with van der Waals surface area (Å²) in [5, 5.41) is 9.80. The SMILES string of the molecule is Cc1cccc(C(N)=O)c1-n1nc2c3ccccc3n(Cc3ccc(-n4cccn4)cc3)cc-2c1=O. The van der Waals surface area contributed by atoms with E-state index >= 15 is 0 Å². The third-order valence-corrected chi connectivity index (χ3v) is 6.40. The minimum absolute atomic E-state index is 0.259. The Labute approximate surface area is 206 Å². The highest BCUT2D eigenvalue weighted by atomic mass is 16.1. The van der Waals surface area contributed by atoms with E-state index in [1.54, 1.807) is 18.3 Å². The minimum Gasteiger partial charge on any atom is -0.366 e. The smallest absolute Gasteiger partial charge is 0.282 e. The van der Waals surface area contributed by atoms with Gasteiger partial charge in [0.2, 0.25) is 0 Å². The molecular weight excluding hydrogens is 452 g/mol. The Morgan fingerprint density at radius 1 is 0.972 bits per heavy atom. The second-order valence-corrected chi connectivity index (χ2v) is 8.71. The second-order valence-electron chi connectivity index (χ2n) is 8.71. The van der Waals surface area contributed by atoms with E-state index in [4.69, 9.17) is 5.73 Å². The monoisotopic (exact) mass is 474 g/mol. The van der Waals surface area contributed by atoms with Gasteiger partial charge < -0.3 is 10.3 Å². The van der Waals surface area contributed by atoms with Gasteiger partial charge in [0.05, 0.1) is 28.0 Å². The summed E-state index contributed by atoms with van der Waals surface area (Å²) < 4.78 is 5.17. The lowest BCUT2D eigenvalue weighted by Crippen LogP contribution is -2.22. The summed E-state index contributed by atoms with van der Waals surface area (Å²) in [6.45, 7) is 2.40. The number of para-hydroxylation sites is 2. The molecule has 8 nitrogen and oxygen atoms in total. The number of aromatic nitrogens is 5. The number of rotatable bonds is 5. The van der Waals surface area contributed by atoms with E-state index < -0.39 is 5.91 Å². The van der Waals surface area contributed by atoms with Crippen molar-refractivity contribution in [2.45, 2.75) is 13.5 Å². The molecule has 4 aromatic rings. The lowest BCUT2D eigenvalue weighted by molar-refractivity contribution is 0.1000. The Hall–Kier alpha value is -4.98. The molecule has 176 valence electrons. The van der Waals surface area contributed by atoms with Crippen LogP contribution in [0.4, 0.5) is 0 Å². The van der Waals surface area contributed by atoms with Crippen molar-refractivity contribution in [3.05, 3.63) is 118 Å². The van der Waals surface area contributed by atoms with E-state index in [0.717, 1.165) is 27.7 Å². The Bertz CT molecular complexity index is 1760. The van der Waals surface area contributed by atoms with Crippen LogP contribution in [-0.2, 0) is 6.54 Å². The van der Waals surface area contributed by atoms with Crippen molar-refractivity contribution in [2.75, 3.05) is 0 Å². The van der Waals surface area contributed by atoms with Gasteiger partial charge in [-0.25, -0.2) is 4.68 Å². The Balaban J connectivity index is 1.51. The van der Waals surface area contributed by atoms with Gasteiger partial charge in [0, 0.05) is 30.5 Å². The number of primary amides is 1. The van der Waals surface area contributed by atoms with Crippen molar-refractivity contribution in [3.63, 3.8) is 0 Å². The van der Waals surface area contributed by atoms with Crippen molar-refractivity contribution in [1.82, 2.24) is 24.1 Å². The zero-order chi connectivity index (χ0) is 24.8. The van der Waals surface area contributed by atoms with E-state index in [1.807, 2.05) is 72.5 Å². The molecule has 1 aromatic heterocycles. The minimum atomic E-state index is -0.605. The van der Waals surface area contributed by atoms with E-state index in [0.29, 0.717) is 23.5 Å². The summed E-state index contributed by atoms with van der Waals surface area (Å²) in [7, 11) is 0. The molecule has 0 spiro atoms. The first-order valence-electron chi connectivity index (χ1n) is 11.5. The first-order valence-corrected chi connectivity index (χ1v) is 11.5. The summed E-state index contributed by atoms with van der Waals surface area (Å²) >= 11 is 0. The van der Waals surface area contributed by atoms with Crippen LogP contribution in [0.2, 0.25) is 0 Å². The number of fused-ring (bicyclic) bond motifs is 3. The number of hydrogen-bond donors (Lipinski definition) is 1. The van der Waals surface area contributed by atoms with Gasteiger partial charge in [-0.15, -0.1) is 0 Å². The number of carbonyl (C=O) groups excluding carboxylic acids is 1. The number of nitrogens with zero attached hydrogens (tertiary/aromatic N) is 5. The largest absolute Gasteiger partial charge is 0.366 e. The highest BCUT2D eigenvalue weighted by Crippen LogP contribution is 2.29. The summed E-state index contributed by atoms with van der Waals surface area (Å²) in [4.78, 5) is 25.7. The van der Waals surface area contributed by atoms with Crippen LogP contribution in [0.1, 0.15) is 21.5 Å². The number of benzene rings is 3. The van der Waals surface area contributed by atoms with Crippen LogP contribution in [0, 0.1) is 6.92 Å². The molecule has 0 fully saturated rings. The molecule has 0 atom stereocenters. The van der Waals surface area contributed by atoms with Gasteiger partial charge in [-0.2, -0.15) is 14.9 Å². The van der Waals surface area contributed by atoms with Gasteiger partial charge >= 0.3 is 0 Å². The van der Waals surface area contributed by atoms with Crippen LogP contribution in [0.25, 0.3) is 33.5 Å². The fourth-order valence-electron chi connectivity index (χ4n) is 4.67. The molecule has 1 amide bonds. The zero-order valence-electron chi connectivity index (χ0n) is 19.5. The maximum absolute atomic E-state index is 13.6. The predicted octanol–water partition coefficient (Wildman–Crippen LogP) is 3.93. The molecule has 2 N–H and O–H groups in total. The molecule has 3 aromatic carbocycles. The Kier molecular flexibility index (Phi) is 5.00. The molecule has 0 radical (unpaired) electrons. The molecule has 0 saturated heterocycles. The molecule has 36 heavy (non-hydrogen) atoms. The molecule has 0 bridgehead atoms. The molecule has 3 heterocycles. The van der Waals surface area contributed by atoms with Crippen LogP contribution in [0.5, 0.6) is 0 Å². The second kappa shape index (κ2) is 8.35. The van der Waals surface area contributed by atoms with Crippen molar-refractivity contribution in [3.8, 4) is 22.6 Å². The summed E-state index contributed by atoms with van der Waals surface area (Å²) in [5.41, 5.74) is 10.8. The lowest BCUT2D eigenvalue weighted by atomic mass is 10.1. The fourth-order valence-corrected chi connectivity index (χ4v) is 4.67. The number of hydrogen-bond acceptors (Lipinski definition) is 4. The first kappa shape index (κ1) is 21.5. The maximum atomic E-state index is 13.6. The van der Waals surface area contributed by atoms with E-state index in [2.05, 4.69) is 26.9 Å². The summed E-state index contributed by atoms with van der Waals surface area (Å²) in [6, 6.07) is 23.1. The number of amides is 1. The highest BCUT2D eigenvalue weighted by Gasteiger charge is 2.24. The standard InChI is InChI=1S/C28H22N6O2/c1-18-6-4-8-22(27(29)35)26(18)34-28(36)23-17-32(24-9-3-2-7-21(24)25(23)31-34)16-19-10-12-20(13-11-19)33-15-5-14-30-33/h2-15,17H,16H2,1H3,(H2,29,35). The molecule has 6 rings (SSSR count). The molecule has 8 heteroatoms. The van der Waals surface area contributed by atoms with Crippen molar-refractivity contribution >= 4 is 16.8 Å². The van der Waals surface area contributed by atoms with Gasteiger partial charge in [-0.05, 0) is 48.4 Å². The number of pyridine rings is 1. The Morgan fingerprint density at radius 3 is 2.53 bits per heavy atom. The average molecular weight is 475 g/mol. The van der Waals surface area contributed by atoms with Crippen LogP contribution in [0.15, 0.2) is 96.2 Å². The summed E-state index contributed by atoms with van der Waals surface area (Å²) in [6.07, 6.45) is 5.49. The first-order chi connectivity index (χ1) is 17.5. The predicted molar refractivity (Wildman–Crippen MR) is 138 cm³/mol. The quantitative estimate of drug-likeness (QED) is 0.409. The number of aryl methyl sites for hydroxylation is 1. The van der Waals surface area contributed by atoms with Crippen LogP contribution < -0.4 is 11.3 Å². The van der Waals surface area contributed by atoms with Crippen LogP contribution in [0.3, 0.4) is 0 Å². The van der Waals surface area contributed by atoms with Crippen LogP contribution in [-0.4, -0.2) is 30.0 Å². The molecule has 2 aliphatic heterocycles. The molecule has 0 saturated carbocycles. The van der Waals surface area contributed by atoms with Gasteiger partial charge in [0.15, 0.2) is 0 Å². The van der Waals surface area contributed by atoms with Gasteiger partial charge in [-0.1, -0.05) is 42.5 Å². The number of carbonyl (C=O) groups is 1. The van der Waals surface area contributed by atoms with E-state index in [1.165, 1.54) is 4.68 Å². The molecule has 0 aliphatic carbocycles.